The summed E-state index contributed by atoms with van der Waals surface area (Å²) in [7, 11) is 0. The highest BCUT2D eigenvalue weighted by Gasteiger charge is 2.31. The van der Waals surface area contributed by atoms with Gasteiger partial charge in [0.05, 0.1) is 25.4 Å². The molecule has 0 aliphatic carbocycles. The molecule has 1 N–H and O–H groups in total. The minimum absolute atomic E-state index is 0.116. The van der Waals surface area contributed by atoms with Gasteiger partial charge in [0.25, 0.3) is 0 Å². The predicted octanol–water partition coefficient (Wildman–Crippen LogP) is -0.700. The Kier molecular flexibility index (Phi) is 3.78. The van der Waals surface area contributed by atoms with Crippen molar-refractivity contribution in [3.8, 4) is 0 Å². The van der Waals surface area contributed by atoms with Crippen molar-refractivity contribution in [3.63, 3.8) is 0 Å². The molecule has 2 fully saturated rings. The molecular formula is C11H20N2O3. The molecule has 0 radical (unpaired) electrons. The first-order valence-corrected chi connectivity index (χ1v) is 5.97. The molecule has 0 saturated carbocycles. The molecule has 2 heterocycles. The van der Waals surface area contributed by atoms with Gasteiger partial charge in [-0.25, -0.2) is 0 Å². The first kappa shape index (κ1) is 11.8. The fraction of sp³-hybridized carbons (Fsp3) is 0.909. The summed E-state index contributed by atoms with van der Waals surface area (Å²) in [6, 6.07) is -0.116. The van der Waals surface area contributed by atoms with Crippen LogP contribution in [0.3, 0.4) is 0 Å². The molecule has 92 valence electrons. The lowest BCUT2D eigenvalue weighted by Gasteiger charge is -2.32. The van der Waals surface area contributed by atoms with Crippen molar-refractivity contribution in [2.24, 2.45) is 0 Å². The first-order valence-electron chi connectivity index (χ1n) is 5.97. The number of likely N-dealkylation sites (tertiary alicyclic amines) is 1. The third kappa shape index (κ3) is 2.53. The number of rotatable bonds is 2. The summed E-state index contributed by atoms with van der Waals surface area (Å²) in [5.41, 5.74) is 0. The number of aliphatic hydroxyl groups is 1. The van der Waals surface area contributed by atoms with E-state index in [-0.39, 0.29) is 18.1 Å². The van der Waals surface area contributed by atoms with Gasteiger partial charge in [-0.1, -0.05) is 0 Å². The van der Waals surface area contributed by atoms with Crippen LogP contribution in [0.2, 0.25) is 0 Å². The molecule has 2 aliphatic heterocycles. The number of aliphatic hydroxyl groups excluding tert-OH is 1. The second-order valence-corrected chi connectivity index (χ2v) is 4.55. The van der Waals surface area contributed by atoms with Gasteiger partial charge in [0.1, 0.15) is 0 Å². The molecule has 1 amide bonds. The average Bonchev–Trinajstić information content (AvgIpc) is 2.75. The van der Waals surface area contributed by atoms with E-state index in [0.717, 1.165) is 13.0 Å². The molecule has 2 saturated heterocycles. The number of hydrogen-bond acceptors (Lipinski definition) is 4. The molecule has 2 aliphatic rings. The zero-order chi connectivity index (χ0) is 11.5. The van der Waals surface area contributed by atoms with Crippen molar-refractivity contribution >= 4 is 5.91 Å². The maximum Gasteiger partial charge on any atom is 0.239 e. The monoisotopic (exact) mass is 228 g/mol. The van der Waals surface area contributed by atoms with Gasteiger partial charge in [-0.2, -0.15) is 0 Å². The molecule has 2 atom stereocenters. The molecule has 0 spiro atoms. The first-order chi connectivity index (χ1) is 7.68. The van der Waals surface area contributed by atoms with E-state index in [4.69, 9.17) is 4.74 Å². The van der Waals surface area contributed by atoms with Crippen molar-refractivity contribution in [3.05, 3.63) is 0 Å². The summed E-state index contributed by atoms with van der Waals surface area (Å²) in [5, 5.41) is 9.45. The van der Waals surface area contributed by atoms with E-state index in [1.54, 1.807) is 0 Å². The Morgan fingerprint density at radius 1 is 1.38 bits per heavy atom. The third-order valence-electron chi connectivity index (χ3n) is 3.42. The normalized spacial score (nSPS) is 29.4. The molecule has 2 rings (SSSR count). The van der Waals surface area contributed by atoms with Crippen LogP contribution in [0.1, 0.15) is 13.3 Å². The van der Waals surface area contributed by atoms with E-state index in [1.807, 2.05) is 11.8 Å². The Morgan fingerprint density at radius 3 is 2.62 bits per heavy atom. The van der Waals surface area contributed by atoms with Crippen molar-refractivity contribution < 1.29 is 14.6 Å². The van der Waals surface area contributed by atoms with Gasteiger partial charge in [0.15, 0.2) is 0 Å². The number of amides is 1. The van der Waals surface area contributed by atoms with Gasteiger partial charge in [-0.15, -0.1) is 0 Å². The fourth-order valence-electron chi connectivity index (χ4n) is 2.32. The molecule has 0 bridgehead atoms. The molecule has 0 aromatic heterocycles. The Balaban J connectivity index is 1.88. The van der Waals surface area contributed by atoms with Gasteiger partial charge in [-0.05, 0) is 13.3 Å². The number of β-amino-alcohol motifs (C(OH)–C–C–N with tert-alkyl or cyclic N) is 1. The van der Waals surface area contributed by atoms with Crippen LogP contribution in [0, 0.1) is 0 Å². The van der Waals surface area contributed by atoms with Gasteiger partial charge in [0, 0.05) is 26.2 Å². The molecule has 0 aromatic carbocycles. The Bertz CT molecular complexity index is 254. The van der Waals surface area contributed by atoms with Crippen LogP contribution in [0.5, 0.6) is 0 Å². The molecule has 0 aromatic rings. The number of ether oxygens (including phenoxy) is 1. The third-order valence-corrected chi connectivity index (χ3v) is 3.42. The molecule has 16 heavy (non-hydrogen) atoms. The van der Waals surface area contributed by atoms with Crippen molar-refractivity contribution in [1.82, 2.24) is 9.80 Å². The van der Waals surface area contributed by atoms with E-state index in [9.17, 15) is 9.90 Å². The van der Waals surface area contributed by atoms with Crippen LogP contribution in [-0.2, 0) is 9.53 Å². The summed E-state index contributed by atoms with van der Waals surface area (Å²) in [4.78, 5) is 16.1. The van der Waals surface area contributed by atoms with Gasteiger partial charge < -0.3 is 14.7 Å². The number of hydrogen-bond donors (Lipinski definition) is 1. The van der Waals surface area contributed by atoms with Crippen molar-refractivity contribution in [2.75, 3.05) is 39.4 Å². The summed E-state index contributed by atoms with van der Waals surface area (Å²) in [6.07, 6.45) is 0.515. The SMILES string of the molecule is CC(C(=O)N1CCOCC1)N1CC[C@H](O)C1. The van der Waals surface area contributed by atoms with Crippen LogP contribution in [0.15, 0.2) is 0 Å². The Hall–Kier alpha value is -0.650. The summed E-state index contributed by atoms with van der Waals surface area (Å²) >= 11 is 0. The maximum absolute atomic E-state index is 12.1. The van der Waals surface area contributed by atoms with E-state index in [0.29, 0.717) is 32.8 Å². The lowest BCUT2D eigenvalue weighted by molar-refractivity contribution is -0.140. The Labute approximate surface area is 96.0 Å². The van der Waals surface area contributed by atoms with Gasteiger partial charge in [0.2, 0.25) is 5.91 Å². The lowest BCUT2D eigenvalue weighted by Crippen LogP contribution is -2.50. The number of carbonyl (C=O) groups excluding carboxylic acids is 1. The molecular weight excluding hydrogens is 208 g/mol. The predicted molar refractivity (Wildman–Crippen MR) is 59.1 cm³/mol. The number of carbonyl (C=O) groups is 1. The minimum Gasteiger partial charge on any atom is -0.392 e. The Morgan fingerprint density at radius 2 is 2.06 bits per heavy atom. The van der Waals surface area contributed by atoms with Crippen LogP contribution in [0.25, 0.3) is 0 Å². The highest BCUT2D eigenvalue weighted by Crippen LogP contribution is 2.14. The molecule has 1 unspecified atom stereocenters. The van der Waals surface area contributed by atoms with Crippen LogP contribution in [-0.4, -0.2) is 72.4 Å². The molecule has 5 nitrogen and oxygen atoms in total. The van der Waals surface area contributed by atoms with Crippen molar-refractivity contribution in [2.45, 2.75) is 25.5 Å². The summed E-state index contributed by atoms with van der Waals surface area (Å²) in [6.45, 7) is 6.03. The zero-order valence-corrected chi connectivity index (χ0v) is 9.76. The average molecular weight is 228 g/mol. The highest BCUT2D eigenvalue weighted by atomic mass is 16.5. The van der Waals surface area contributed by atoms with Crippen molar-refractivity contribution in [1.29, 1.82) is 0 Å². The second kappa shape index (κ2) is 5.12. The topological polar surface area (TPSA) is 53.0 Å². The van der Waals surface area contributed by atoms with E-state index in [1.165, 1.54) is 0 Å². The van der Waals surface area contributed by atoms with Gasteiger partial charge in [-0.3, -0.25) is 9.69 Å². The zero-order valence-electron chi connectivity index (χ0n) is 9.76. The van der Waals surface area contributed by atoms with E-state index in [2.05, 4.69) is 4.90 Å². The molecule has 5 heteroatoms. The fourth-order valence-corrected chi connectivity index (χ4v) is 2.32. The second-order valence-electron chi connectivity index (χ2n) is 4.55. The highest BCUT2D eigenvalue weighted by molar-refractivity contribution is 5.81. The summed E-state index contributed by atoms with van der Waals surface area (Å²) in [5.74, 6) is 0.164. The van der Waals surface area contributed by atoms with Crippen LogP contribution in [0.4, 0.5) is 0 Å². The van der Waals surface area contributed by atoms with Gasteiger partial charge >= 0.3 is 0 Å². The number of nitrogens with zero attached hydrogens (tertiary/aromatic N) is 2. The lowest BCUT2D eigenvalue weighted by atomic mass is 10.2. The maximum atomic E-state index is 12.1. The quantitative estimate of drug-likeness (QED) is 0.679. The summed E-state index contributed by atoms with van der Waals surface area (Å²) < 4.78 is 5.22. The van der Waals surface area contributed by atoms with E-state index < -0.39 is 0 Å². The van der Waals surface area contributed by atoms with Crippen LogP contribution >= 0.6 is 0 Å². The number of morpholine rings is 1. The minimum atomic E-state index is -0.264. The van der Waals surface area contributed by atoms with E-state index >= 15 is 0 Å². The standard InChI is InChI=1S/C11H20N2O3/c1-9(13-3-2-10(14)8-13)11(15)12-4-6-16-7-5-12/h9-10,14H,2-8H2,1H3/t9?,10-/m0/s1. The van der Waals surface area contributed by atoms with Crippen LogP contribution < -0.4 is 0 Å². The smallest absolute Gasteiger partial charge is 0.239 e. The largest absolute Gasteiger partial charge is 0.392 e.